The van der Waals surface area contributed by atoms with Crippen molar-refractivity contribution in [3.63, 3.8) is 0 Å². The summed E-state index contributed by atoms with van der Waals surface area (Å²) in [5.74, 6) is 0. The zero-order chi connectivity index (χ0) is 11.5. The van der Waals surface area contributed by atoms with Crippen molar-refractivity contribution in [1.29, 1.82) is 5.26 Å². The third kappa shape index (κ3) is 3.81. The lowest BCUT2D eigenvalue weighted by Gasteiger charge is -2.33. The van der Waals surface area contributed by atoms with Gasteiger partial charge in [-0.3, -0.25) is 10.2 Å². The van der Waals surface area contributed by atoms with E-state index in [1.807, 2.05) is 6.92 Å². The van der Waals surface area contributed by atoms with E-state index in [0.29, 0.717) is 12.1 Å². The molecule has 86 valence electrons. The Kier molecular flexibility index (Phi) is 4.12. The van der Waals surface area contributed by atoms with Crippen LogP contribution in [0.2, 0.25) is 0 Å². The van der Waals surface area contributed by atoms with Gasteiger partial charge in [0.2, 0.25) is 0 Å². The second-order valence-corrected chi connectivity index (χ2v) is 5.02. The second-order valence-electron chi connectivity index (χ2n) is 5.02. The van der Waals surface area contributed by atoms with E-state index in [0.717, 1.165) is 13.1 Å². The van der Waals surface area contributed by atoms with Crippen LogP contribution in [-0.4, -0.2) is 35.6 Å². The number of hydrogen-bond donors (Lipinski definition) is 1. The van der Waals surface area contributed by atoms with Gasteiger partial charge in [0.05, 0.1) is 6.07 Å². The molecule has 1 rings (SSSR count). The van der Waals surface area contributed by atoms with E-state index in [1.54, 1.807) is 0 Å². The smallest absolute Gasteiger partial charge is 0.116 e. The molecule has 0 heterocycles. The number of rotatable bonds is 6. The minimum Gasteiger partial charge on any atom is -0.298 e. The van der Waals surface area contributed by atoms with Gasteiger partial charge < -0.3 is 0 Å². The van der Waals surface area contributed by atoms with Crippen LogP contribution < -0.4 is 5.32 Å². The fraction of sp³-hybridized carbons (Fsp3) is 0.917. The summed E-state index contributed by atoms with van der Waals surface area (Å²) in [5.41, 5.74) is -0.387. The van der Waals surface area contributed by atoms with E-state index in [4.69, 9.17) is 0 Å². The van der Waals surface area contributed by atoms with Gasteiger partial charge in [0, 0.05) is 18.6 Å². The van der Waals surface area contributed by atoms with Crippen molar-refractivity contribution in [2.75, 3.05) is 13.1 Å². The fourth-order valence-corrected chi connectivity index (χ4v) is 1.86. The van der Waals surface area contributed by atoms with Gasteiger partial charge >= 0.3 is 0 Å². The summed E-state index contributed by atoms with van der Waals surface area (Å²) in [6.07, 6.45) is 2.45. The van der Waals surface area contributed by atoms with Crippen LogP contribution in [0.4, 0.5) is 0 Å². The first-order valence-corrected chi connectivity index (χ1v) is 5.93. The zero-order valence-corrected chi connectivity index (χ0v) is 10.4. The van der Waals surface area contributed by atoms with E-state index in [1.165, 1.54) is 12.8 Å². The van der Waals surface area contributed by atoms with Crippen LogP contribution in [-0.2, 0) is 0 Å². The fourth-order valence-electron chi connectivity index (χ4n) is 1.86. The highest BCUT2D eigenvalue weighted by molar-refractivity contribution is 5.09. The van der Waals surface area contributed by atoms with Gasteiger partial charge in [-0.25, -0.2) is 0 Å². The number of nitrogens with zero attached hydrogens (tertiary/aromatic N) is 2. The van der Waals surface area contributed by atoms with Crippen LogP contribution in [0.15, 0.2) is 0 Å². The molecule has 3 heteroatoms. The van der Waals surface area contributed by atoms with Crippen LogP contribution in [0, 0.1) is 11.3 Å². The van der Waals surface area contributed by atoms with E-state index in [9.17, 15) is 5.26 Å². The van der Waals surface area contributed by atoms with Crippen LogP contribution in [0.5, 0.6) is 0 Å². The highest BCUT2D eigenvalue weighted by atomic mass is 15.2. The van der Waals surface area contributed by atoms with Crippen molar-refractivity contribution in [3.05, 3.63) is 0 Å². The van der Waals surface area contributed by atoms with Crippen LogP contribution in [0.1, 0.15) is 40.5 Å². The molecule has 1 fully saturated rings. The van der Waals surface area contributed by atoms with E-state index < -0.39 is 0 Å². The maximum atomic E-state index is 9.25. The molecule has 0 aromatic carbocycles. The lowest BCUT2D eigenvalue weighted by molar-refractivity contribution is 0.187. The van der Waals surface area contributed by atoms with Gasteiger partial charge in [-0.1, -0.05) is 6.92 Å². The minimum absolute atomic E-state index is 0.387. The SMILES string of the molecule is CCN(CC(C)(C#N)NC1CC1)C(C)C. The number of hydrogen-bond acceptors (Lipinski definition) is 3. The summed E-state index contributed by atoms with van der Waals surface area (Å²) < 4.78 is 0. The number of likely N-dealkylation sites (N-methyl/N-ethyl adjacent to an activating group) is 1. The van der Waals surface area contributed by atoms with Crippen LogP contribution in [0.25, 0.3) is 0 Å². The van der Waals surface area contributed by atoms with Crippen molar-refractivity contribution in [3.8, 4) is 6.07 Å². The van der Waals surface area contributed by atoms with Crippen molar-refractivity contribution >= 4 is 0 Å². The van der Waals surface area contributed by atoms with Crippen molar-refractivity contribution in [2.45, 2.75) is 58.2 Å². The topological polar surface area (TPSA) is 39.1 Å². The Balaban J connectivity index is 2.53. The van der Waals surface area contributed by atoms with Crippen LogP contribution in [0.3, 0.4) is 0 Å². The first-order valence-electron chi connectivity index (χ1n) is 5.93. The first-order chi connectivity index (χ1) is 7.00. The van der Waals surface area contributed by atoms with Crippen molar-refractivity contribution in [2.24, 2.45) is 0 Å². The average Bonchev–Trinajstić information content (AvgIpc) is 2.97. The molecule has 0 saturated heterocycles. The molecule has 1 aliphatic carbocycles. The van der Waals surface area contributed by atoms with Gasteiger partial charge in [-0.2, -0.15) is 5.26 Å². The lowest BCUT2D eigenvalue weighted by atomic mass is 10.0. The molecule has 0 amide bonds. The molecule has 1 atom stereocenters. The predicted octanol–water partition coefficient (Wildman–Crippen LogP) is 1.75. The standard InChI is InChI=1S/C12H23N3/c1-5-15(10(2)3)9-12(4,8-13)14-11-6-7-11/h10-11,14H,5-7,9H2,1-4H3. The molecule has 1 saturated carbocycles. The largest absolute Gasteiger partial charge is 0.298 e. The van der Waals surface area contributed by atoms with Gasteiger partial charge in [0.25, 0.3) is 0 Å². The summed E-state index contributed by atoms with van der Waals surface area (Å²) in [6.45, 7) is 10.3. The molecule has 1 N–H and O–H groups in total. The van der Waals surface area contributed by atoms with Crippen molar-refractivity contribution in [1.82, 2.24) is 10.2 Å². The quantitative estimate of drug-likeness (QED) is 0.724. The third-order valence-electron chi connectivity index (χ3n) is 3.00. The zero-order valence-electron chi connectivity index (χ0n) is 10.4. The van der Waals surface area contributed by atoms with E-state index >= 15 is 0 Å². The van der Waals surface area contributed by atoms with Gasteiger partial charge in [-0.05, 0) is 40.2 Å². The molecule has 0 aromatic heterocycles. The molecule has 15 heavy (non-hydrogen) atoms. The molecule has 1 unspecified atom stereocenters. The average molecular weight is 209 g/mol. The predicted molar refractivity (Wildman–Crippen MR) is 62.6 cm³/mol. The lowest BCUT2D eigenvalue weighted by Crippen LogP contribution is -2.52. The minimum atomic E-state index is -0.387. The summed E-state index contributed by atoms with van der Waals surface area (Å²) in [7, 11) is 0. The summed E-state index contributed by atoms with van der Waals surface area (Å²) in [4.78, 5) is 2.33. The van der Waals surface area contributed by atoms with Gasteiger partial charge in [-0.15, -0.1) is 0 Å². The van der Waals surface area contributed by atoms with Crippen LogP contribution >= 0.6 is 0 Å². The third-order valence-corrected chi connectivity index (χ3v) is 3.00. The van der Waals surface area contributed by atoms with Crippen molar-refractivity contribution < 1.29 is 0 Å². The van der Waals surface area contributed by atoms with Gasteiger partial charge in [0.1, 0.15) is 5.54 Å². The Labute approximate surface area is 93.5 Å². The molecule has 0 radical (unpaired) electrons. The Bertz CT molecular complexity index is 240. The van der Waals surface area contributed by atoms with Gasteiger partial charge in [0.15, 0.2) is 0 Å². The highest BCUT2D eigenvalue weighted by Gasteiger charge is 2.34. The number of nitrogens with one attached hydrogen (secondary N) is 1. The first kappa shape index (κ1) is 12.5. The highest BCUT2D eigenvalue weighted by Crippen LogP contribution is 2.23. The number of nitriles is 1. The van der Waals surface area contributed by atoms with E-state index in [2.05, 4.69) is 37.1 Å². The maximum absolute atomic E-state index is 9.25. The molecule has 0 spiro atoms. The molecule has 3 nitrogen and oxygen atoms in total. The summed E-state index contributed by atoms with van der Waals surface area (Å²) in [6, 6.07) is 3.50. The molecule has 1 aliphatic rings. The maximum Gasteiger partial charge on any atom is 0.116 e. The summed E-state index contributed by atoms with van der Waals surface area (Å²) in [5, 5.41) is 12.7. The Hall–Kier alpha value is -0.590. The Morgan fingerprint density at radius 3 is 2.47 bits per heavy atom. The second kappa shape index (κ2) is 4.96. The Morgan fingerprint density at radius 2 is 2.13 bits per heavy atom. The normalized spacial score (nSPS) is 20.3. The van der Waals surface area contributed by atoms with E-state index in [-0.39, 0.29) is 5.54 Å². The molecule has 0 bridgehead atoms. The molecular weight excluding hydrogens is 186 g/mol. The summed E-state index contributed by atoms with van der Waals surface area (Å²) >= 11 is 0. The monoisotopic (exact) mass is 209 g/mol. The molecular formula is C12H23N3. The molecule has 0 aliphatic heterocycles. The molecule has 0 aromatic rings. The Morgan fingerprint density at radius 1 is 1.53 bits per heavy atom.